The van der Waals surface area contributed by atoms with E-state index in [0.717, 1.165) is 37.8 Å². The van der Waals surface area contributed by atoms with Gasteiger partial charge in [-0.25, -0.2) is 0 Å². The first-order chi connectivity index (χ1) is 11.8. The minimum Gasteiger partial charge on any atom is -0.329 e. The van der Waals surface area contributed by atoms with E-state index in [1.165, 1.54) is 17.0 Å². The number of carbonyl (C=O) groups is 2. The van der Waals surface area contributed by atoms with Crippen LogP contribution in [0.3, 0.4) is 0 Å². The van der Waals surface area contributed by atoms with E-state index in [2.05, 4.69) is 0 Å². The van der Waals surface area contributed by atoms with E-state index in [1.54, 1.807) is 11.8 Å². The molecule has 1 saturated carbocycles. The van der Waals surface area contributed by atoms with E-state index in [9.17, 15) is 22.8 Å². The molecule has 7 heteroatoms. The Balaban J connectivity index is 1.77. The molecule has 2 aliphatic rings. The first-order valence-electron chi connectivity index (χ1n) is 8.58. The van der Waals surface area contributed by atoms with Crippen molar-refractivity contribution < 1.29 is 22.8 Å². The largest absolute Gasteiger partial charge is 0.416 e. The maximum absolute atomic E-state index is 12.9. The second kappa shape index (κ2) is 6.69. The zero-order valence-electron chi connectivity index (χ0n) is 14.1. The fourth-order valence-electron chi connectivity index (χ4n) is 3.69. The second-order valence-corrected chi connectivity index (χ2v) is 6.73. The van der Waals surface area contributed by atoms with Crippen LogP contribution in [0.15, 0.2) is 24.3 Å². The van der Waals surface area contributed by atoms with Crippen molar-refractivity contribution in [3.05, 3.63) is 29.8 Å². The highest BCUT2D eigenvalue weighted by Crippen LogP contribution is 2.33. The number of benzene rings is 1. The van der Waals surface area contributed by atoms with E-state index in [1.807, 2.05) is 0 Å². The fourth-order valence-corrected chi connectivity index (χ4v) is 3.69. The summed E-state index contributed by atoms with van der Waals surface area (Å²) in [6, 6.07) is 4.10. The van der Waals surface area contributed by atoms with E-state index in [0.29, 0.717) is 6.54 Å². The Labute approximate surface area is 144 Å². The topological polar surface area (TPSA) is 40.6 Å². The van der Waals surface area contributed by atoms with Gasteiger partial charge in [0.1, 0.15) is 6.04 Å². The van der Waals surface area contributed by atoms with Gasteiger partial charge in [0.2, 0.25) is 11.8 Å². The number of hydrogen-bond donors (Lipinski definition) is 0. The quantitative estimate of drug-likeness (QED) is 0.816. The van der Waals surface area contributed by atoms with E-state index < -0.39 is 17.8 Å². The number of carbonyl (C=O) groups excluding carboxylic acids is 2. The Hall–Kier alpha value is -2.05. The molecule has 1 aromatic carbocycles. The zero-order chi connectivity index (χ0) is 18.2. The van der Waals surface area contributed by atoms with Gasteiger partial charge in [0, 0.05) is 24.7 Å². The maximum atomic E-state index is 12.9. The summed E-state index contributed by atoms with van der Waals surface area (Å²) in [4.78, 5) is 28.2. The Morgan fingerprint density at radius 2 is 1.84 bits per heavy atom. The van der Waals surface area contributed by atoms with Crippen LogP contribution in [0.25, 0.3) is 0 Å². The summed E-state index contributed by atoms with van der Waals surface area (Å²) >= 11 is 0. The lowest BCUT2D eigenvalue weighted by Crippen LogP contribution is -2.58. The van der Waals surface area contributed by atoms with E-state index in [4.69, 9.17) is 0 Å². The summed E-state index contributed by atoms with van der Waals surface area (Å²) in [5, 5.41) is 0. The third kappa shape index (κ3) is 3.50. The third-order valence-corrected chi connectivity index (χ3v) is 5.13. The number of nitrogens with zero attached hydrogens (tertiary/aromatic N) is 2. The first-order valence-corrected chi connectivity index (χ1v) is 8.58. The van der Waals surface area contributed by atoms with Crippen molar-refractivity contribution in [2.24, 2.45) is 5.92 Å². The molecule has 2 amide bonds. The molecule has 0 aromatic heterocycles. The van der Waals surface area contributed by atoms with Crippen molar-refractivity contribution in [1.82, 2.24) is 4.90 Å². The number of hydrogen-bond acceptors (Lipinski definition) is 2. The average molecular weight is 354 g/mol. The zero-order valence-corrected chi connectivity index (χ0v) is 14.1. The van der Waals surface area contributed by atoms with Crippen LogP contribution in [0, 0.1) is 5.92 Å². The molecular weight excluding hydrogens is 333 g/mol. The van der Waals surface area contributed by atoms with Gasteiger partial charge >= 0.3 is 6.18 Å². The minimum absolute atomic E-state index is 0.00189. The molecule has 4 nitrogen and oxygen atoms in total. The molecule has 1 aliphatic carbocycles. The van der Waals surface area contributed by atoms with Crippen molar-refractivity contribution in [2.75, 3.05) is 18.0 Å². The van der Waals surface area contributed by atoms with Gasteiger partial charge < -0.3 is 9.80 Å². The normalized spacial score (nSPS) is 22.6. The molecule has 0 radical (unpaired) electrons. The molecule has 2 fully saturated rings. The third-order valence-electron chi connectivity index (χ3n) is 5.13. The molecule has 1 heterocycles. The molecule has 1 aromatic rings. The summed E-state index contributed by atoms with van der Waals surface area (Å²) in [6.07, 6.45) is -0.683. The van der Waals surface area contributed by atoms with E-state index in [-0.39, 0.29) is 30.0 Å². The molecule has 0 bridgehead atoms. The lowest BCUT2D eigenvalue weighted by molar-refractivity contribution is -0.143. The van der Waals surface area contributed by atoms with Crippen LogP contribution < -0.4 is 4.90 Å². The van der Waals surface area contributed by atoms with Gasteiger partial charge in [0.25, 0.3) is 0 Å². The van der Waals surface area contributed by atoms with Gasteiger partial charge in [-0.3, -0.25) is 9.59 Å². The summed E-state index contributed by atoms with van der Waals surface area (Å²) in [6.45, 7) is 2.20. The van der Waals surface area contributed by atoms with Crippen LogP contribution >= 0.6 is 0 Å². The smallest absolute Gasteiger partial charge is 0.329 e. The first kappa shape index (κ1) is 17.8. The molecule has 0 N–H and O–H groups in total. The summed E-state index contributed by atoms with van der Waals surface area (Å²) in [5.74, 6) is -0.352. The van der Waals surface area contributed by atoms with Crippen LogP contribution in [0.1, 0.15) is 38.2 Å². The summed E-state index contributed by atoms with van der Waals surface area (Å²) in [7, 11) is 0. The van der Waals surface area contributed by atoms with Crippen molar-refractivity contribution in [1.29, 1.82) is 0 Å². The molecule has 3 rings (SSSR count). The number of anilines is 1. The Bertz CT molecular complexity index is 669. The van der Waals surface area contributed by atoms with Crippen LogP contribution in [-0.2, 0) is 15.8 Å². The van der Waals surface area contributed by atoms with Gasteiger partial charge in [-0.2, -0.15) is 13.2 Å². The van der Waals surface area contributed by atoms with Crippen LogP contribution in [0.2, 0.25) is 0 Å². The number of rotatable bonds is 2. The molecule has 1 unspecified atom stereocenters. The van der Waals surface area contributed by atoms with Crippen LogP contribution in [0.5, 0.6) is 0 Å². The van der Waals surface area contributed by atoms with Crippen LogP contribution in [-0.4, -0.2) is 35.8 Å². The maximum Gasteiger partial charge on any atom is 0.416 e. The molecule has 1 atom stereocenters. The van der Waals surface area contributed by atoms with Gasteiger partial charge in [0.15, 0.2) is 0 Å². The van der Waals surface area contributed by atoms with Gasteiger partial charge in [-0.1, -0.05) is 18.9 Å². The van der Waals surface area contributed by atoms with Crippen molar-refractivity contribution in [3.8, 4) is 0 Å². The number of halogens is 3. The van der Waals surface area contributed by atoms with Gasteiger partial charge in [-0.05, 0) is 38.0 Å². The highest BCUT2D eigenvalue weighted by molar-refractivity contribution is 6.00. The van der Waals surface area contributed by atoms with Crippen molar-refractivity contribution in [2.45, 2.75) is 44.8 Å². The molecule has 136 valence electrons. The van der Waals surface area contributed by atoms with E-state index >= 15 is 0 Å². The monoisotopic (exact) mass is 354 g/mol. The summed E-state index contributed by atoms with van der Waals surface area (Å²) in [5.41, 5.74) is -0.561. The Morgan fingerprint density at radius 3 is 2.48 bits per heavy atom. The number of piperazine rings is 1. The number of amides is 2. The Morgan fingerprint density at radius 1 is 1.16 bits per heavy atom. The van der Waals surface area contributed by atoms with Gasteiger partial charge in [0.05, 0.1) is 5.56 Å². The SMILES string of the molecule is CC1C(=O)N(c2cccc(C(F)(F)F)c2)CCN1C(=O)C1CCCC1. The summed E-state index contributed by atoms with van der Waals surface area (Å²) < 4.78 is 38.7. The lowest BCUT2D eigenvalue weighted by Gasteiger charge is -2.40. The minimum atomic E-state index is -4.45. The highest BCUT2D eigenvalue weighted by Gasteiger charge is 2.39. The molecule has 0 spiro atoms. The van der Waals surface area contributed by atoms with Gasteiger partial charge in [-0.15, -0.1) is 0 Å². The number of alkyl halides is 3. The van der Waals surface area contributed by atoms with Crippen molar-refractivity contribution in [3.63, 3.8) is 0 Å². The predicted octanol–water partition coefficient (Wildman–Crippen LogP) is 3.46. The Kier molecular flexibility index (Phi) is 4.75. The fraction of sp³-hybridized carbons (Fsp3) is 0.556. The standard InChI is InChI=1S/C18H21F3N2O2/c1-12-16(24)23(15-8-4-7-14(11-15)18(19,20)21)10-9-22(12)17(25)13-5-2-3-6-13/h4,7-8,11-13H,2-3,5-6,9-10H2,1H3. The molecular formula is C18H21F3N2O2. The van der Waals surface area contributed by atoms with Crippen molar-refractivity contribution >= 4 is 17.5 Å². The second-order valence-electron chi connectivity index (χ2n) is 6.73. The molecule has 25 heavy (non-hydrogen) atoms. The van der Waals surface area contributed by atoms with Crippen LogP contribution in [0.4, 0.5) is 18.9 Å². The molecule has 1 saturated heterocycles. The lowest BCUT2D eigenvalue weighted by atomic mass is 10.0. The average Bonchev–Trinajstić information content (AvgIpc) is 3.10. The predicted molar refractivity (Wildman–Crippen MR) is 86.9 cm³/mol. The highest BCUT2D eigenvalue weighted by atomic mass is 19.4. The molecule has 1 aliphatic heterocycles.